The lowest BCUT2D eigenvalue weighted by atomic mass is 10.1. The maximum Gasteiger partial charge on any atom is 0.320 e. The first-order valence-corrected chi connectivity index (χ1v) is 9.98. The molecule has 0 aromatic carbocycles. The summed E-state index contributed by atoms with van der Waals surface area (Å²) in [5.41, 5.74) is 5.42. The maximum atomic E-state index is 11.7. The molecule has 4 N–H and O–H groups in total. The van der Waals surface area contributed by atoms with Crippen LogP contribution in [0.1, 0.15) is 90.4 Å². The molecule has 0 heterocycles. The van der Waals surface area contributed by atoms with E-state index in [1.807, 2.05) is 0 Å². The molecule has 5 heteroatoms. The summed E-state index contributed by atoms with van der Waals surface area (Å²) in [5.74, 6) is -0.888. The molecule has 0 aliphatic carbocycles. The Kier molecular flexibility index (Phi) is 16.5. The zero-order valence-corrected chi connectivity index (χ0v) is 16.0. The van der Waals surface area contributed by atoms with Gasteiger partial charge >= 0.3 is 5.97 Å². The minimum atomic E-state index is -0.964. The zero-order valence-electron chi connectivity index (χ0n) is 16.0. The smallest absolute Gasteiger partial charge is 0.320 e. The van der Waals surface area contributed by atoms with E-state index in [0.29, 0.717) is 19.4 Å². The van der Waals surface area contributed by atoms with Crippen LogP contribution in [-0.4, -0.2) is 29.6 Å². The molecule has 0 rings (SSSR count). The highest BCUT2D eigenvalue weighted by Crippen LogP contribution is 2.07. The van der Waals surface area contributed by atoms with Crippen molar-refractivity contribution >= 4 is 11.9 Å². The number of hydrogen-bond acceptors (Lipinski definition) is 3. The Hall–Kier alpha value is -1.36. The van der Waals surface area contributed by atoms with Gasteiger partial charge in [0, 0.05) is 13.0 Å². The number of aliphatic carboxylic acids is 1. The number of nitrogens with one attached hydrogen (secondary N) is 1. The van der Waals surface area contributed by atoms with Crippen molar-refractivity contribution in [1.82, 2.24) is 5.32 Å². The van der Waals surface area contributed by atoms with Crippen molar-refractivity contribution < 1.29 is 14.7 Å². The lowest BCUT2D eigenvalue weighted by Crippen LogP contribution is -2.30. The molecule has 1 atom stereocenters. The third-order valence-corrected chi connectivity index (χ3v) is 4.25. The van der Waals surface area contributed by atoms with Gasteiger partial charge in [-0.3, -0.25) is 9.59 Å². The number of unbranched alkanes of at least 4 members (excludes halogenated alkanes) is 8. The van der Waals surface area contributed by atoms with Gasteiger partial charge in [-0.25, -0.2) is 0 Å². The van der Waals surface area contributed by atoms with Crippen LogP contribution in [0.2, 0.25) is 0 Å². The van der Waals surface area contributed by atoms with Gasteiger partial charge in [-0.2, -0.15) is 0 Å². The van der Waals surface area contributed by atoms with Crippen LogP contribution in [0.4, 0.5) is 0 Å². The fraction of sp³-hybridized carbons (Fsp3) is 0.800. The minimum Gasteiger partial charge on any atom is -0.480 e. The van der Waals surface area contributed by atoms with Crippen LogP contribution in [0, 0.1) is 0 Å². The second kappa shape index (κ2) is 17.5. The predicted octanol–water partition coefficient (Wildman–Crippen LogP) is 4.16. The van der Waals surface area contributed by atoms with Gasteiger partial charge in [-0.05, 0) is 44.9 Å². The number of amides is 1. The van der Waals surface area contributed by atoms with E-state index in [2.05, 4.69) is 24.4 Å². The van der Waals surface area contributed by atoms with Crippen molar-refractivity contribution in [3.05, 3.63) is 12.2 Å². The minimum absolute atomic E-state index is 0.0758. The molecule has 0 radical (unpaired) electrons. The van der Waals surface area contributed by atoms with Gasteiger partial charge in [-0.1, -0.05) is 51.2 Å². The fourth-order valence-electron chi connectivity index (χ4n) is 2.59. The Labute approximate surface area is 153 Å². The highest BCUT2D eigenvalue weighted by Gasteiger charge is 2.10. The molecule has 0 aliphatic rings. The van der Waals surface area contributed by atoms with E-state index in [4.69, 9.17) is 10.8 Å². The number of carbonyl (C=O) groups excluding carboxylic acids is 1. The molecule has 0 saturated carbocycles. The van der Waals surface area contributed by atoms with E-state index in [-0.39, 0.29) is 5.91 Å². The third kappa shape index (κ3) is 17.3. The molecule has 0 spiro atoms. The molecular formula is C20H38N2O3. The first kappa shape index (κ1) is 23.6. The normalized spacial score (nSPS) is 12.4. The summed E-state index contributed by atoms with van der Waals surface area (Å²) < 4.78 is 0. The number of nitrogens with two attached hydrogens (primary N) is 1. The summed E-state index contributed by atoms with van der Waals surface area (Å²) in [4.78, 5) is 22.2. The average molecular weight is 355 g/mol. The van der Waals surface area contributed by atoms with Crippen LogP contribution in [-0.2, 0) is 9.59 Å². The van der Waals surface area contributed by atoms with Gasteiger partial charge in [-0.15, -0.1) is 0 Å². The number of allylic oxidation sites excluding steroid dienone is 2. The first-order chi connectivity index (χ1) is 12.1. The molecule has 0 aromatic rings. The molecule has 0 fully saturated rings. The van der Waals surface area contributed by atoms with Crippen molar-refractivity contribution in [2.75, 3.05) is 6.54 Å². The lowest BCUT2D eigenvalue weighted by Gasteiger charge is -2.07. The van der Waals surface area contributed by atoms with Crippen LogP contribution < -0.4 is 11.1 Å². The number of carboxylic acids is 1. The van der Waals surface area contributed by atoms with Gasteiger partial charge in [0.25, 0.3) is 0 Å². The van der Waals surface area contributed by atoms with Crippen molar-refractivity contribution in [1.29, 1.82) is 0 Å². The highest BCUT2D eigenvalue weighted by molar-refractivity contribution is 5.75. The molecule has 0 unspecified atom stereocenters. The Bertz CT molecular complexity index is 370. The van der Waals surface area contributed by atoms with E-state index in [1.165, 1.54) is 38.5 Å². The van der Waals surface area contributed by atoms with E-state index in [0.717, 1.165) is 32.1 Å². The molecule has 25 heavy (non-hydrogen) atoms. The molecular weight excluding hydrogens is 316 g/mol. The highest BCUT2D eigenvalue weighted by atomic mass is 16.4. The van der Waals surface area contributed by atoms with Gasteiger partial charge in [0.05, 0.1) is 0 Å². The molecule has 1 amide bonds. The van der Waals surface area contributed by atoms with Gasteiger partial charge in [0.1, 0.15) is 6.04 Å². The van der Waals surface area contributed by atoms with Gasteiger partial charge < -0.3 is 16.2 Å². The zero-order chi connectivity index (χ0) is 18.8. The van der Waals surface area contributed by atoms with Crippen molar-refractivity contribution in [2.45, 2.75) is 96.4 Å². The van der Waals surface area contributed by atoms with Crippen LogP contribution in [0.15, 0.2) is 12.2 Å². The summed E-state index contributed by atoms with van der Waals surface area (Å²) in [6, 6.07) is -0.793. The largest absolute Gasteiger partial charge is 0.480 e. The van der Waals surface area contributed by atoms with Crippen molar-refractivity contribution in [2.24, 2.45) is 5.73 Å². The standard InChI is InChI=1S/C20H38N2O3/c1-2-3-4-5-6-7-8-9-10-11-12-16-19(23)22-17-14-13-15-18(21)20(24)25/h9-10,18H,2-8,11-17,21H2,1H3,(H,22,23)(H,24,25)/b10-9-/t18-/m0/s1. The second-order valence-corrected chi connectivity index (χ2v) is 6.71. The monoisotopic (exact) mass is 354 g/mol. The first-order valence-electron chi connectivity index (χ1n) is 9.98. The van der Waals surface area contributed by atoms with Crippen LogP contribution >= 0.6 is 0 Å². The Morgan fingerprint density at radius 1 is 0.960 bits per heavy atom. The van der Waals surface area contributed by atoms with Crippen LogP contribution in [0.3, 0.4) is 0 Å². The average Bonchev–Trinajstić information content (AvgIpc) is 2.59. The molecule has 0 aliphatic heterocycles. The fourth-order valence-corrected chi connectivity index (χ4v) is 2.59. The SMILES string of the molecule is CCCCCCCC/C=C\CCCC(=O)NCCCC[C@H](N)C(=O)O. The Balaban J connectivity index is 3.35. The molecule has 0 aromatic heterocycles. The summed E-state index contributed by atoms with van der Waals surface area (Å²) in [7, 11) is 0. The maximum absolute atomic E-state index is 11.7. The quantitative estimate of drug-likeness (QED) is 0.270. The molecule has 5 nitrogen and oxygen atoms in total. The topological polar surface area (TPSA) is 92.4 Å². The number of rotatable bonds is 17. The summed E-state index contributed by atoms with van der Waals surface area (Å²) in [5, 5.41) is 11.5. The summed E-state index contributed by atoms with van der Waals surface area (Å²) >= 11 is 0. The van der Waals surface area contributed by atoms with E-state index in [9.17, 15) is 9.59 Å². The van der Waals surface area contributed by atoms with E-state index in [1.54, 1.807) is 0 Å². The number of carboxylic acid groups (broad SMARTS) is 1. The van der Waals surface area contributed by atoms with E-state index < -0.39 is 12.0 Å². The summed E-state index contributed by atoms with van der Waals surface area (Å²) in [6.45, 7) is 2.83. The second-order valence-electron chi connectivity index (χ2n) is 6.71. The molecule has 0 saturated heterocycles. The number of carbonyl (C=O) groups is 2. The molecule has 146 valence electrons. The van der Waals surface area contributed by atoms with Crippen LogP contribution in [0.5, 0.6) is 0 Å². The Morgan fingerprint density at radius 3 is 2.28 bits per heavy atom. The van der Waals surface area contributed by atoms with E-state index >= 15 is 0 Å². The lowest BCUT2D eigenvalue weighted by molar-refractivity contribution is -0.138. The summed E-state index contributed by atoms with van der Waals surface area (Å²) in [6.07, 6.45) is 17.9. The van der Waals surface area contributed by atoms with Gasteiger partial charge in [0.2, 0.25) is 5.91 Å². The van der Waals surface area contributed by atoms with Crippen molar-refractivity contribution in [3.63, 3.8) is 0 Å². The number of hydrogen-bond donors (Lipinski definition) is 3. The van der Waals surface area contributed by atoms with Gasteiger partial charge in [0.15, 0.2) is 0 Å². The van der Waals surface area contributed by atoms with Crippen LogP contribution in [0.25, 0.3) is 0 Å². The predicted molar refractivity (Wildman–Crippen MR) is 103 cm³/mol. The Morgan fingerprint density at radius 2 is 1.60 bits per heavy atom. The third-order valence-electron chi connectivity index (χ3n) is 4.25. The van der Waals surface area contributed by atoms with Crippen molar-refractivity contribution in [3.8, 4) is 0 Å². The molecule has 0 bridgehead atoms.